The monoisotopic (exact) mass is 235 g/mol. The molecule has 86 valence electrons. The van der Waals surface area contributed by atoms with Crippen molar-refractivity contribution in [2.75, 3.05) is 22.1 Å². The molecule has 0 aromatic carbocycles. The van der Waals surface area contributed by atoms with Gasteiger partial charge in [-0.3, -0.25) is 0 Å². The summed E-state index contributed by atoms with van der Waals surface area (Å²) >= 11 is 2.06. The zero-order chi connectivity index (χ0) is 11.0. The Kier molecular flexibility index (Phi) is 2.67. The molecule has 16 heavy (non-hydrogen) atoms. The molecule has 0 bridgehead atoms. The number of hydrogen-bond donors (Lipinski definition) is 1. The second kappa shape index (κ2) is 4.17. The van der Waals surface area contributed by atoms with E-state index in [2.05, 4.69) is 27.7 Å². The third kappa shape index (κ3) is 1.98. The fourth-order valence-corrected chi connectivity index (χ4v) is 3.52. The van der Waals surface area contributed by atoms with Crippen LogP contribution in [-0.4, -0.2) is 28.6 Å². The van der Waals surface area contributed by atoms with Crippen LogP contribution >= 0.6 is 11.8 Å². The number of aromatic nitrogens is 1. The molecule has 2 aliphatic rings. The van der Waals surface area contributed by atoms with Gasteiger partial charge < -0.3 is 10.6 Å². The Balaban J connectivity index is 1.84. The summed E-state index contributed by atoms with van der Waals surface area (Å²) in [5, 5.41) is 0. The molecule has 1 saturated carbocycles. The molecule has 1 saturated heterocycles. The second-order valence-corrected chi connectivity index (χ2v) is 5.76. The van der Waals surface area contributed by atoms with Crippen molar-refractivity contribution in [1.82, 2.24) is 4.98 Å². The van der Waals surface area contributed by atoms with Gasteiger partial charge in [-0.15, -0.1) is 0 Å². The van der Waals surface area contributed by atoms with E-state index in [0.717, 1.165) is 17.5 Å². The van der Waals surface area contributed by atoms with Crippen molar-refractivity contribution < 1.29 is 0 Å². The molecule has 2 fully saturated rings. The fraction of sp³-hybridized carbons (Fsp3) is 0.583. The van der Waals surface area contributed by atoms with Gasteiger partial charge in [0.1, 0.15) is 5.82 Å². The molecule has 1 aliphatic carbocycles. The largest absolute Gasteiger partial charge is 0.397 e. The van der Waals surface area contributed by atoms with Gasteiger partial charge in [0.15, 0.2) is 0 Å². The van der Waals surface area contributed by atoms with Crippen LogP contribution in [-0.2, 0) is 0 Å². The minimum Gasteiger partial charge on any atom is -0.397 e. The molecule has 1 atom stereocenters. The van der Waals surface area contributed by atoms with Gasteiger partial charge in [-0.25, -0.2) is 4.98 Å². The average Bonchev–Trinajstić information content (AvgIpc) is 2.97. The molecule has 1 aromatic heterocycles. The Bertz CT molecular complexity index is 355. The lowest BCUT2D eigenvalue weighted by Gasteiger charge is -2.29. The number of anilines is 2. The van der Waals surface area contributed by atoms with Crippen molar-refractivity contribution in [3.05, 3.63) is 18.3 Å². The van der Waals surface area contributed by atoms with Crippen LogP contribution in [0.25, 0.3) is 0 Å². The summed E-state index contributed by atoms with van der Waals surface area (Å²) in [6, 6.07) is 5.45. The number of hydrogen-bond acceptors (Lipinski definition) is 4. The Hall–Kier alpha value is -0.900. The predicted molar refractivity (Wildman–Crippen MR) is 69.9 cm³/mol. The van der Waals surface area contributed by atoms with Crippen LogP contribution in [0.2, 0.25) is 0 Å². The van der Waals surface area contributed by atoms with E-state index in [1.807, 2.05) is 6.07 Å². The van der Waals surface area contributed by atoms with Gasteiger partial charge in [0.25, 0.3) is 0 Å². The summed E-state index contributed by atoms with van der Waals surface area (Å²) in [6.07, 6.45) is 5.72. The van der Waals surface area contributed by atoms with Gasteiger partial charge in [0.2, 0.25) is 0 Å². The third-order valence-corrected chi connectivity index (χ3v) is 4.42. The Labute approximate surface area is 100 Å². The minimum atomic E-state index is 0.689. The van der Waals surface area contributed by atoms with Crippen LogP contribution in [0.15, 0.2) is 18.3 Å². The Morgan fingerprint density at radius 2 is 2.12 bits per heavy atom. The van der Waals surface area contributed by atoms with Gasteiger partial charge in [-0.2, -0.15) is 11.8 Å². The lowest BCUT2D eigenvalue weighted by molar-refractivity contribution is 0.632. The molecule has 2 N–H and O–H groups in total. The van der Waals surface area contributed by atoms with E-state index in [1.165, 1.54) is 30.8 Å². The molecular weight excluding hydrogens is 218 g/mol. The molecular formula is C12H17N3S. The van der Waals surface area contributed by atoms with E-state index >= 15 is 0 Å². The van der Waals surface area contributed by atoms with Crippen LogP contribution in [0.3, 0.4) is 0 Å². The van der Waals surface area contributed by atoms with E-state index in [1.54, 1.807) is 6.20 Å². The molecule has 1 aromatic rings. The molecule has 4 heteroatoms. The molecule has 2 heterocycles. The average molecular weight is 235 g/mol. The number of nitrogens with zero attached hydrogens (tertiary/aromatic N) is 2. The first-order valence-corrected chi connectivity index (χ1v) is 7.07. The summed E-state index contributed by atoms with van der Waals surface area (Å²) in [4.78, 5) is 7.00. The van der Waals surface area contributed by atoms with E-state index in [4.69, 9.17) is 5.73 Å². The number of nitrogens with two attached hydrogens (primary N) is 1. The third-order valence-electron chi connectivity index (χ3n) is 3.27. The van der Waals surface area contributed by atoms with E-state index in [-0.39, 0.29) is 0 Å². The van der Waals surface area contributed by atoms with Crippen molar-refractivity contribution in [2.24, 2.45) is 0 Å². The Morgan fingerprint density at radius 1 is 1.25 bits per heavy atom. The fourth-order valence-electron chi connectivity index (χ4n) is 2.32. The minimum absolute atomic E-state index is 0.689. The lowest BCUT2D eigenvalue weighted by Crippen LogP contribution is -2.37. The first-order valence-electron chi connectivity index (χ1n) is 5.92. The number of rotatable bonds is 3. The summed E-state index contributed by atoms with van der Waals surface area (Å²) in [5.74, 6) is 3.66. The summed E-state index contributed by atoms with van der Waals surface area (Å²) in [5.41, 5.74) is 6.44. The van der Waals surface area contributed by atoms with Crippen LogP contribution in [0, 0.1) is 0 Å². The van der Waals surface area contributed by atoms with Gasteiger partial charge in [-0.1, -0.05) is 0 Å². The molecule has 0 unspecified atom stereocenters. The van der Waals surface area contributed by atoms with Crippen LogP contribution in [0.4, 0.5) is 11.5 Å². The highest BCUT2D eigenvalue weighted by Gasteiger charge is 2.36. The van der Waals surface area contributed by atoms with Gasteiger partial charge in [-0.05, 0) is 37.1 Å². The van der Waals surface area contributed by atoms with Gasteiger partial charge in [0.05, 0.1) is 11.9 Å². The van der Waals surface area contributed by atoms with E-state index in [0.29, 0.717) is 6.04 Å². The van der Waals surface area contributed by atoms with Gasteiger partial charge >= 0.3 is 0 Å². The Morgan fingerprint density at radius 3 is 2.69 bits per heavy atom. The molecule has 3 rings (SSSR count). The first-order chi connectivity index (χ1) is 7.84. The highest BCUT2D eigenvalue weighted by molar-refractivity contribution is 7.99. The SMILES string of the molecule is Nc1ccc(N(C2CC2)[C@@H]2CCSC2)nc1. The highest BCUT2D eigenvalue weighted by atomic mass is 32.2. The van der Waals surface area contributed by atoms with E-state index in [9.17, 15) is 0 Å². The summed E-state index contributed by atoms with van der Waals surface area (Å²) < 4.78 is 0. The number of nitrogen functional groups attached to an aromatic ring is 1. The first kappa shape index (κ1) is 10.3. The smallest absolute Gasteiger partial charge is 0.129 e. The lowest BCUT2D eigenvalue weighted by atomic mass is 10.2. The zero-order valence-corrected chi connectivity index (χ0v) is 10.1. The standard InChI is InChI=1S/C12H17N3S/c13-9-1-4-12(14-7-9)15(10-2-3-10)11-5-6-16-8-11/h1,4,7,10-11H,2-3,5-6,8,13H2/t11-/m1/s1. The summed E-state index contributed by atoms with van der Waals surface area (Å²) in [6.45, 7) is 0. The maximum atomic E-state index is 5.69. The van der Waals surface area contributed by atoms with Gasteiger partial charge in [0, 0.05) is 17.8 Å². The van der Waals surface area contributed by atoms with Crippen LogP contribution < -0.4 is 10.6 Å². The summed E-state index contributed by atoms with van der Waals surface area (Å²) in [7, 11) is 0. The quantitative estimate of drug-likeness (QED) is 0.871. The molecule has 3 nitrogen and oxygen atoms in total. The van der Waals surface area contributed by atoms with Crippen LogP contribution in [0.1, 0.15) is 19.3 Å². The van der Waals surface area contributed by atoms with E-state index < -0.39 is 0 Å². The van der Waals surface area contributed by atoms with Crippen molar-refractivity contribution in [2.45, 2.75) is 31.3 Å². The zero-order valence-electron chi connectivity index (χ0n) is 9.30. The number of pyridine rings is 1. The maximum absolute atomic E-state index is 5.69. The molecule has 0 radical (unpaired) electrons. The maximum Gasteiger partial charge on any atom is 0.129 e. The van der Waals surface area contributed by atoms with Crippen LogP contribution in [0.5, 0.6) is 0 Å². The molecule has 0 spiro atoms. The van der Waals surface area contributed by atoms with Crippen molar-refractivity contribution in [1.29, 1.82) is 0 Å². The topological polar surface area (TPSA) is 42.1 Å². The number of thioether (sulfide) groups is 1. The normalized spacial score (nSPS) is 24.6. The predicted octanol–water partition coefficient (Wildman–Crippen LogP) is 2.14. The second-order valence-electron chi connectivity index (χ2n) is 4.61. The van der Waals surface area contributed by atoms with Crippen molar-refractivity contribution in [3.8, 4) is 0 Å². The highest BCUT2D eigenvalue weighted by Crippen LogP contribution is 2.36. The van der Waals surface area contributed by atoms with Crippen molar-refractivity contribution in [3.63, 3.8) is 0 Å². The molecule has 1 aliphatic heterocycles. The van der Waals surface area contributed by atoms with Crippen molar-refractivity contribution >= 4 is 23.3 Å². The molecule has 0 amide bonds.